The standard InChI is InChI=1S/C15H11ClN4OS/c1-20(14(21)11-6-2-3-7-12(11)16)15-19-18-13(22-15)10-5-4-8-17-9-10/h2-9H,1H3. The van der Waals surface area contributed by atoms with Crippen molar-refractivity contribution < 1.29 is 4.79 Å². The smallest absolute Gasteiger partial charge is 0.261 e. The van der Waals surface area contributed by atoms with Gasteiger partial charge in [-0.05, 0) is 24.3 Å². The maximum absolute atomic E-state index is 12.5. The molecule has 0 fully saturated rings. The van der Waals surface area contributed by atoms with Crippen LogP contribution in [0.15, 0.2) is 48.8 Å². The zero-order chi connectivity index (χ0) is 15.5. The van der Waals surface area contributed by atoms with Crippen molar-refractivity contribution in [2.45, 2.75) is 0 Å². The molecule has 0 radical (unpaired) electrons. The fraction of sp³-hybridized carbons (Fsp3) is 0.0667. The number of carbonyl (C=O) groups is 1. The zero-order valence-corrected chi connectivity index (χ0v) is 13.2. The normalized spacial score (nSPS) is 10.5. The predicted octanol–water partition coefficient (Wildman–Crippen LogP) is 3.53. The number of pyridine rings is 1. The Hall–Kier alpha value is -2.31. The summed E-state index contributed by atoms with van der Waals surface area (Å²) in [6.07, 6.45) is 3.40. The summed E-state index contributed by atoms with van der Waals surface area (Å²) in [5, 5.41) is 9.81. The van der Waals surface area contributed by atoms with Gasteiger partial charge in [0, 0.05) is 25.0 Å². The van der Waals surface area contributed by atoms with Gasteiger partial charge in [-0.25, -0.2) is 0 Å². The Morgan fingerprint density at radius 1 is 1.18 bits per heavy atom. The van der Waals surface area contributed by atoms with Crippen LogP contribution in [0.1, 0.15) is 10.4 Å². The first-order chi connectivity index (χ1) is 10.7. The van der Waals surface area contributed by atoms with E-state index in [2.05, 4.69) is 15.2 Å². The van der Waals surface area contributed by atoms with Crippen molar-refractivity contribution in [3.05, 3.63) is 59.4 Å². The third kappa shape index (κ3) is 2.84. The number of halogens is 1. The second-order valence-electron chi connectivity index (χ2n) is 4.48. The summed E-state index contributed by atoms with van der Waals surface area (Å²) >= 11 is 7.39. The highest BCUT2D eigenvalue weighted by molar-refractivity contribution is 7.18. The van der Waals surface area contributed by atoms with Gasteiger partial charge in [-0.15, -0.1) is 10.2 Å². The van der Waals surface area contributed by atoms with E-state index in [9.17, 15) is 4.79 Å². The van der Waals surface area contributed by atoms with Crippen LogP contribution in [0, 0.1) is 0 Å². The molecule has 0 saturated heterocycles. The predicted molar refractivity (Wildman–Crippen MR) is 87.3 cm³/mol. The largest absolute Gasteiger partial charge is 0.286 e. The first-order valence-electron chi connectivity index (χ1n) is 6.43. The number of anilines is 1. The molecule has 0 aliphatic rings. The van der Waals surface area contributed by atoms with Gasteiger partial charge in [-0.1, -0.05) is 35.1 Å². The minimum absolute atomic E-state index is 0.223. The van der Waals surface area contributed by atoms with E-state index in [1.807, 2.05) is 12.1 Å². The van der Waals surface area contributed by atoms with E-state index >= 15 is 0 Å². The highest BCUT2D eigenvalue weighted by Gasteiger charge is 2.19. The first-order valence-corrected chi connectivity index (χ1v) is 7.63. The molecule has 110 valence electrons. The van der Waals surface area contributed by atoms with Gasteiger partial charge in [0.15, 0.2) is 5.01 Å². The van der Waals surface area contributed by atoms with Gasteiger partial charge >= 0.3 is 0 Å². The number of nitrogens with zero attached hydrogens (tertiary/aromatic N) is 4. The van der Waals surface area contributed by atoms with Crippen molar-refractivity contribution in [2.24, 2.45) is 0 Å². The number of carbonyl (C=O) groups excluding carboxylic acids is 1. The highest BCUT2D eigenvalue weighted by atomic mass is 35.5. The summed E-state index contributed by atoms with van der Waals surface area (Å²) in [5.41, 5.74) is 1.30. The quantitative estimate of drug-likeness (QED) is 0.737. The molecule has 3 aromatic rings. The molecular formula is C15H11ClN4OS. The zero-order valence-electron chi connectivity index (χ0n) is 11.6. The second kappa shape index (κ2) is 6.21. The molecule has 0 aliphatic carbocycles. The summed E-state index contributed by atoms with van der Waals surface area (Å²) in [6, 6.07) is 10.6. The molecule has 0 bridgehead atoms. The average molecular weight is 331 g/mol. The number of aromatic nitrogens is 3. The molecule has 0 unspecified atom stereocenters. The van der Waals surface area contributed by atoms with Crippen LogP contribution in [-0.4, -0.2) is 28.1 Å². The van der Waals surface area contributed by atoms with Gasteiger partial charge in [0.25, 0.3) is 5.91 Å². The molecule has 22 heavy (non-hydrogen) atoms. The average Bonchev–Trinajstić information content (AvgIpc) is 3.05. The lowest BCUT2D eigenvalue weighted by atomic mass is 10.2. The Morgan fingerprint density at radius 2 is 2.00 bits per heavy atom. The Bertz CT molecular complexity index is 806. The molecule has 1 amide bonds. The van der Waals surface area contributed by atoms with Crippen LogP contribution in [0.4, 0.5) is 5.13 Å². The van der Waals surface area contributed by atoms with E-state index < -0.39 is 0 Å². The van der Waals surface area contributed by atoms with E-state index in [4.69, 9.17) is 11.6 Å². The van der Waals surface area contributed by atoms with Gasteiger partial charge < -0.3 is 0 Å². The van der Waals surface area contributed by atoms with E-state index in [0.29, 0.717) is 20.7 Å². The summed E-state index contributed by atoms with van der Waals surface area (Å²) in [7, 11) is 1.65. The molecule has 3 rings (SSSR count). The monoisotopic (exact) mass is 330 g/mol. The Morgan fingerprint density at radius 3 is 2.73 bits per heavy atom. The van der Waals surface area contributed by atoms with Crippen LogP contribution in [-0.2, 0) is 0 Å². The maximum Gasteiger partial charge on any atom is 0.261 e. The molecule has 1 aromatic carbocycles. The Kier molecular flexibility index (Phi) is 4.13. The minimum atomic E-state index is -0.223. The first kappa shape index (κ1) is 14.6. The number of rotatable bonds is 3. The van der Waals surface area contributed by atoms with E-state index in [0.717, 1.165) is 5.56 Å². The van der Waals surface area contributed by atoms with E-state index in [-0.39, 0.29) is 5.91 Å². The number of hydrogen-bond donors (Lipinski definition) is 0. The van der Waals surface area contributed by atoms with Gasteiger partial charge in [0.05, 0.1) is 10.6 Å². The van der Waals surface area contributed by atoms with Gasteiger partial charge in [-0.2, -0.15) is 0 Å². The number of amides is 1. The topological polar surface area (TPSA) is 59.0 Å². The van der Waals surface area contributed by atoms with Crippen LogP contribution < -0.4 is 4.90 Å². The van der Waals surface area contributed by atoms with E-state index in [1.54, 1.807) is 43.7 Å². The van der Waals surface area contributed by atoms with Crippen LogP contribution in [0.25, 0.3) is 10.6 Å². The SMILES string of the molecule is CN(C(=O)c1ccccc1Cl)c1nnc(-c2cccnc2)s1. The van der Waals surface area contributed by atoms with Crippen molar-refractivity contribution in [2.75, 3.05) is 11.9 Å². The van der Waals surface area contributed by atoms with Crippen molar-refractivity contribution in [3.63, 3.8) is 0 Å². The summed E-state index contributed by atoms with van der Waals surface area (Å²) in [4.78, 5) is 18.0. The summed E-state index contributed by atoms with van der Waals surface area (Å²) < 4.78 is 0. The second-order valence-corrected chi connectivity index (χ2v) is 5.84. The number of hydrogen-bond acceptors (Lipinski definition) is 5. The summed E-state index contributed by atoms with van der Waals surface area (Å²) in [6.45, 7) is 0. The lowest BCUT2D eigenvalue weighted by Crippen LogP contribution is -2.26. The van der Waals surface area contributed by atoms with Crippen molar-refractivity contribution in [1.82, 2.24) is 15.2 Å². The van der Waals surface area contributed by atoms with Crippen LogP contribution in [0.3, 0.4) is 0 Å². The number of benzene rings is 1. The Balaban J connectivity index is 1.87. The molecule has 0 N–H and O–H groups in total. The third-order valence-electron chi connectivity index (χ3n) is 3.02. The molecule has 0 spiro atoms. The highest BCUT2D eigenvalue weighted by Crippen LogP contribution is 2.29. The van der Waals surface area contributed by atoms with Crippen molar-refractivity contribution in [1.29, 1.82) is 0 Å². The van der Waals surface area contributed by atoms with Gasteiger partial charge in [0.2, 0.25) is 5.13 Å². The molecule has 0 saturated carbocycles. The van der Waals surface area contributed by atoms with Crippen molar-refractivity contribution in [3.8, 4) is 10.6 Å². The fourth-order valence-corrected chi connectivity index (χ4v) is 2.87. The molecule has 0 aliphatic heterocycles. The summed E-state index contributed by atoms with van der Waals surface area (Å²) in [5.74, 6) is -0.223. The molecule has 7 heteroatoms. The van der Waals surface area contributed by atoms with Crippen LogP contribution in [0.5, 0.6) is 0 Å². The molecule has 2 heterocycles. The van der Waals surface area contributed by atoms with Crippen LogP contribution >= 0.6 is 22.9 Å². The van der Waals surface area contributed by atoms with Crippen LogP contribution in [0.2, 0.25) is 5.02 Å². The van der Waals surface area contributed by atoms with Gasteiger partial charge in [-0.3, -0.25) is 14.7 Å². The lowest BCUT2D eigenvalue weighted by molar-refractivity contribution is 0.0993. The fourth-order valence-electron chi connectivity index (χ4n) is 1.86. The third-order valence-corrected chi connectivity index (χ3v) is 4.40. The lowest BCUT2D eigenvalue weighted by Gasteiger charge is -2.13. The van der Waals surface area contributed by atoms with Gasteiger partial charge in [0.1, 0.15) is 0 Å². The van der Waals surface area contributed by atoms with Crippen molar-refractivity contribution >= 4 is 34.0 Å². The molecular weight excluding hydrogens is 320 g/mol. The molecule has 5 nitrogen and oxygen atoms in total. The minimum Gasteiger partial charge on any atom is -0.286 e. The van der Waals surface area contributed by atoms with E-state index in [1.165, 1.54) is 16.2 Å². The Labute approximate surface area is 136 Å². The molecule has 0 atom stereocenters. The molecule has 2 aromatic heterocycles. The maximum atomic E-state index is 12.5.